The molecule has 0 saturated heterocycles. The Morgan fingerprint density at radius 2 is 1.86 bits per heavy atom. The molecule has 0 bridgehead atoms. The fourth-order valence-electron chi connectivity index (χ4n) is 1.45. The molecule has 1 unspecified atom stereocenters. The first-order chi connectivity index (χ1) is 9.75. The summed E-state index contributed by atoms with van der Waals surface area (Å²) >= 11 is 0. The number of nitrogens with two attached hydrogens (primary N) is 1. The van der Waals surface area contributed by atoms with E-state index in [1.54, 1.807) is 0 Å². The number of primary sulfonamides is 1. The van der Waals surface area contributed by atoms with Crippen molar-refractivity contribution in [2.75, 3.05) is 6.54 Å². The number of carbonyl (C=O) groups excluding carboxylic acids is 2. The monoisotopic (exact) mass is 314 g/mol. The van der Waals surface area contributed by atoms with Crippen LogP contribution in [-0.2, 0) is 19.6 Å². The summed E-state index contributed by atoms with van der Waals surface area (Å²) in [5.41, 5.74) is 0.137. The SMILES string of the molecule is CCCNC(=O)C(C)OC(=O)c1ccc(S(N)(=O)=O)cc1. The van der Waals surface area contributed by atoms with Gasteiger partial charge < -0.3 is 10.1 Å². The van der Waals surface area contributed by atoms with E-state index in [0.29, 0.717) is 6.54 Å². The van der Waals surface area contributed by atoms with Gasteiger partial charge in [0.2, 0.25) is 10.0 Å². The van der Waals surface area contributed by atoms with Crippen molar-refractivity contribution in [1.29, 1.82) is 0 Å². The maximum atomic E-state index is 11.8. The van der Waals surface area contributed by atoms with Crippen molar-refractivity contribution < 1.29 is 22.7 Å². The van der Waals surface area contributed by atoms with Gasteiger partial charge in [-0.05, 0) is 37.6 Å². The number of hydrogen-bond acceptors (Lipinski definition) is 5. The lowest BCUT2D eigenvalue weighted by Gasteiger charge is -2.13. The Hall–Kier alpha value is -1.93. The summed E-state index contributed by atoms with van der Waals surface area (Å²) in [6.45, 7) is 3.87. The quantitative estimate of drug-likeness (QED) is 0.738. The third-order valence-electron chi connectivity index (χ3n) is 2.62. The predicted molar refractivity (Wildman–Crippen MR) is 76.0 cm³/mol. The number of sulfonamides is 1. The number of benzene rings is 1. The second-order valence-corrected chi connectivity index (χ2v) is 5.97. The van der Waals surface area contributed by atoms with Gasteiger partial charge in [-0.1, -0.05) is 6.92 Å². The van der Waals surface area contributed by atoms with Gasteiger partial charge in [-0.25, -0.2) is 18.4 Å². The van der Waals surface area contributed by atoms with Gasteiger partial charge >= 0.3 is 5.97 Å². The Kier molecular flexibility index (Phi) is 5.86. The highest BCUT2D eigenvalue weighted by molar-refractivity contribution is 7.89. The molecule has 8 heteroatoms. The molecule has 1 atom stereocenters. The molecule has 0 aliphatic carbocycles. The molecule has 0 heterocycles. The number of rotatable bonds is 6. The fourth-order valence-corrected chi connectivity index (χ4v) is 1.97. The van der Waals surface area contributed by atoms with Gasteiger partial charge in [0.15, 0.2) is 6.10 Å². The number of hydrogen-bond donors (Lipinski definition) is 2. The van der Waals surface area contributed by atoms with Gasteiger partial charge in [0.25, 0.3) is 5.91 Å². The van der Waals surface area contributed by atoms with E-state index in [1.165, 1.54) is 31.2 Å². The van der Waals surface area contributed by atoms with Crippen LogP contribution in [0.1, 0.15) is 30.6 Å². The summed E-state index contributed by atoms with van der Waals surface area (Å²) < 4.78 is 27.2. The van der Waals surface area contributed by atoms with E-state index in [4.69, 9.17) is 9.88 Å². The molecule has 0 aromatic heterocycles. The molecule has 116 valence electrons. The van der Waals surface area contributed by atoms with Crippen LogP contribution in [0.25, 0.3) is 0 Å². The number of nitrogens with one attached hydrogen (secondary N) is 1. The van der Waals surface area contributed by atoms with Crippen LogP contribution < -0.4 is 10.5 Å². The summed E-state index contributed by atoms with van der Waals surface area (Å²) in [5.74, 6) is -1.10. The van der Waals surface area contributed by atoms with E-state index >= 15 is 0 Å². The minimum atomic E-state index is -3.81. The number of amides is 1. The Morgan fingerprint density at radius 3 is 2.33 bits per heavy atom. The van der Waals surface area contributed by atoms with Gasteiger partial charge in [-0.2, -0.15) is 0 Å². The summed E-state index contributed by atoms with van der Waals surface area (Å²) in [5, 5.41) is 7.56. The second kappa shape index (κ2) is 7.19. The molecule has 0 fully saturated rings. The van der Waals surface area contributed by atoms with E-state index in [-0.39, 0.29) is 16.4 Å². The number of esters is 1. The van der Waals surface area contributed by atoms with Gasteiger partial charge in [0, 0.05) is 6.54 Å². The van der Waals surface area contributed by atoms with Crippen LogP contribution in [0.3, 0.4) is 0 Å². The zero-order valence-electron chi connectivity index (χ0n) is 11.8. The molecule has 3 N–H and O–H groups in total. The fraction of sp³-hybridized carbons (Fsp3) is 0.385. The van der Waals surface area contributed by atoms with Crippen LogP contribution in [0.15, 0.2) is 29.2 Å². The standard InChI is InChI=1S/C13H18N2O5S/c1-3-8-15-12(16)9(2)20-13(17)10-4-6-11(7-5-10)21(14,18)19/h4-7,9H,3,8H2,1-2H3,(H,15,16)(H2,14,18,19). The van der Waals surface area contributed by atoms with Crippen molar-refractivity contribution >= 4 is 21.9 Å². The van der Waals surface area contributed by atoms with Crippen molar-refractivity contribution in [3.63, 3.8) is 0 Å². The molecule has 1 aromatic carbocycles. The van der Waals surface area contributed by atoms with Gasteiger partial charge in [-0.3, -0.25) is 4.79 Å². The molecular formula is C13H18N2O5S. The highest BCUT2D eigenvalue weighted by atomic mass is 32.2. The molecular weight excluding hydrogens is 296 g/mol. The highest BCUT2D eigenvalue weighted by Crippen LogP contribution is 2.10. The van der Waals surface area contributed by atoms with Gasteiger partial charge in [-0.15, -0.1) is 0 Å². The van der Waals surface area contributed by atoms with E-state index in [2.05, 4.69) is 5.32 Å². The van der Waals surface area contributed by atoms with Crippen molar-refractivity contribution in [3.05, 3.63) is 29.8 Å². The lowest BCUT2D eigenvalue weighted by molar-refractivity contribution is -0.129. The van der Waals surface area contributed by atoms with Crippen LogP contribution in [0, 0.1) is 0 Å². The van der Waals surface area contributed by atoms with Crippen LogP contribution in [0.4, 0.5) is 0 Å². The molecule has 21 heavy (non-hydrogen) atoms. The summed E-state index contributed by atoms with van der Waals surface area (Å²) in [4.78, 5) is 23.3. The van der Waals surface area contributed by atoms with Crippen molar-refractivity contribution in [2.45, 2.75) is 31.3 Å². The first-order valence-corrected chi connectivity index (χ1v) is 7.92. The smallest absolute Gasteiger partial charge is 0.338 e. The Morgan fingerprint density at radius 1 is 1.29 bits per heavy atom. The highest BCUT2D eigenvalue weighted by Gasteiger charge is 2.18. The van der Waals surface area contributed by atoms with E-state index in [1.807, 2.05) is 6.92 Å². The summed E-state index contributed by atoms with van der Waals surface area (Å²) in [6, 6.07) is 4.96. The van der Waals surface area contributed by atoms with Gasteiger partial charge in [0.1, 0.15) is 0 Å². The lowest BCUT2D eigenvalue weighted by Crippen LogP contribution is -2.36. The Bertz CT molecular complexity index is 610. The van der Waals surface area contributed by atoms with Crippen LogP contribution in [-0.4, -0.2) is 32.9 Å². The number of ether oxygens (including phenoxy) is 1. The molecule has 0 saturated carbocycles. The van der Waals surface area contributed by atoms with Crippen LogP contribution >= 0.6 is 0 Å². The Labute approximate surface area is 123 Å². The maximum Gasteiger partial charge on any atom is 0.338 e. The normalized spacial score (nSPS) is 12.5. The zero-order valence-corrected chi connectivity index (χ0v) is 12.6. The summed E-state index contributed by atoms with van der Waals surface area (Å²) in [6.07, 6.45) is -0.150. The Balaban J connectivity index is 2.70. The van der Waals surface area contributed by atoms with Crippen molar-refractivity contribution in [2.24, 2.45) is 5.14 Å². The molecule has 0 radical (unpaired) electrons. The average molecular weight is 314 g/mol. The first-order valence-electron chi connectivity index (χ1n) is 6.37. The molecule has 1 aromatic rings. The molecule has 0 spiro atoms. The van der Waals surface area contributed by atoms with E-state index in [0.717, 1.165) is 6.42 Å². The molecule has 1 amide bonds. The van der Waals surface area contributed by atoms with Crippen LogP contribution in [0.5, 0.6) is 0 Å². The van der Waals surface area contributed by atoms with Crippen molar-refractivity contribution in [3.8, 4) is 0 Å². The number of carbonyl (C=O) groups is 2. The van der Waals surface area contributed by atoms with E-state index < -0.39 is 22.1 Å². The topological polar surface area (TPSA) is 116 Å². The minimum Gasteiger partial charge on any atom is -0.449 e. The third-order valence-corrected chi connectivity index (χ3v) is 3.55. The zero-order chi connectivity index (χ0) is 16.0. The largest absolute Gasteiger partial charge is 0.449 e. The van der Waals surface area contributed by atoms with Gasteiger partial charge in [0.05, 0.1) is 10.5 Å². The molecule has 7 nitrogen and oxygen atoms in total. The minimum absolute atomic E-state index is 0.104. The summed E-state index contributed by atoms with van der Waals surface area (Å²) in [7, 11) is -3.81. The molecule has 1 rings (SSSR count). The predicted octanol–water partition coefficient (Wildman–Crippen LogP) is 0.406. The molecule has 0 aliphatic heterocycles. The average Bonchev–Trinajstić information content (AvgIpc) is 2.43. The first kappa shape index (κ1) is 17.1. The second-order valence-electron chi connectivity index (χ2n) is 4.41. The van der Waals surface area contributed by atoms with E-state index in [9.17, 15) is 18.0 Å². The molecule has 0 aliphatic rings. The van der Waals surface area contributed by atoms with Crippen LogP contribution in [0.2, 0.25) is 0 Å². The maximum absolute atomic E-state index is 11.8. The lowest BCUT2D eigenvalue weighted by atomic mass is 10.2. The third kappa shape index (κ3) is 5.16. The van der Waals surface area contributed by atoms with Crippen molar-refractivity contribution in [1.82, 2.24) is 5.32 Å².